The van der Waals surface area contributed by atoms with Crippen molar-refractivity contribution in [1.82, 2.24) is 5.32 Å². The summed E-state index contributed by atoms with van der Waals surface area (Å²) in [5.74, 6) is 2.24. The Morgan fingerprint density at radius 3 is 2.44 bits per heavy atom. The monoisotopic (exact) mass is 343 g/mol. The molecular formula is C22H33NO2. The molecule has 0 radical (unpaired) electrons. The molecule has 3 nitrogen and oxygen atoms in total. The number of benzene rings is 1. The van der Waals surface area contributed by atoms with Crippen LogP contribution in [0.3, 0.4) is 0 Å². The van der Waals surface area contributed by atoms with Gasteiger partial charge >= 0.3 is 0 Å². The van der Waals surface area contributed by atoms with Crippen LogP contribution in [0.25, 0.3) is 0 Å². The van der Waals surface area contributed by atoms with Crippen LogP contribution in [-0.2, 0) is 9.59 Å². The highest BCUT2D eigenvalue weighted by Crippen LogP contribution is 2.39. The van der Waals surface area contributed by atoms with Crippen molar-refractivity contribution >= 4 is 11.7 Å². The van der Waals surface area contributed by atoms with Crippen molar-refractivity contribution < 1.29 is 9.59 Å². The van der Waals surface area contributed by atoms with Gasteiger partial charge in [0.2, 0.25) is 5.91 Å². The fraction of sp³-hybridized carbons (Fsp3) is 0.636. The van der Waals surface area contributed by atoms with Crippen LogP contribution < -0.4 is 5.32 Å². The molecule has 0 heterocycles. The first kappa shape index (κ1) is 19.7. The summed E-state index contributed by atoms with van der Waals surface area (Å²) in [6.45, 7) is 8.28. The first-order valence-corrected chi connectivity index (χ1v) is 9.73. The second kappa shape index (κ2) is 9.17. The molecule has 0 spiro atoms. The second-order valence-corrected chi connectivity index (χ2v) is 8.10. The number of hydrogen-bond donors (Lipinski definition) is 1. The molecule has 1 N–H and O–H groups in total. The zero-order chi connectivity index (χ0) is 18.4. The van der Waals surface area contributed by atoms with Crippen LogP contribution in [0.1, 0.15) is 71.4 Å². The minimum Gasteiger partial charge on any atom is -0.350 e. The number of Topliss-reactive ketones (excluding diaryl/α,β-unsaturated/α-hetero) is 1. The lowest BCUT2D eigenvalue weighted by Gasteiger charge is -2.36. The SMILES string of the molecule is CC(=O)N[C@H](CCC(=O)[C@@H]1C[C@H](C)CC[C@H]1C(C)C)c1ccccc1. The van der Waals surface area contributed by atoms with Gasteiger partial charge in [-0.1, -0.05) is 57.5 Å². The number of rotatable bonds is 7. The molecule has 1 aliphatic carbocycles. The van der Waals surface area contributed by atoms with Crippen molar-refractivity contribution in [3.63, 3.8) is 0 Å². The van der Waals surface area contributed by atoms with E-state index in [9.17, 15) is 9.59 Å². The summed E-state index contributed by atoms with van der Waals surface area (Å²) < 4.78 is 0. The molecule has 1 saturated carbocycles. The molecule has 0 saturated heterocycles. The number of carbonyl (C=O) groups excluding carboxylic acids is 2. The van der Waals surface area contributed by atoms with Gasteiger partial charge in [-0.05, 0) is 42.6 Å². The number of hydrogen-bond acceptors (Lipinski definition) is 2. The van der Waals surface area contributed by atoms with Crippen LogP contribution in [0.2, 0.25) is 0 Å². The molecule has 1 aromatic carbocycles. The maximum Gasteiger partial charge on any atom is 0.217 e. The minimum absolute atomic E-state index is 0.0485. The topological polar surface area (TPSA) is 46.2 Å². The lowest BCUT2D eigenvalue weighted by atomic mass is 9.68. The third-order valence-corrected chi connectivity index (χ3v) is 5.69. The van der Waals surface area contributed by atoms with Crippen molar-refractivity contribution in [3.05, 3.63) is 35.9 Å². The van der Waals surface area contributed by atoms with Gasteiger partial charge in [-0.2, -0.15) is 0 Å². The van der Waals surface area contributed by atoms with E-state index in [1.54, 1.807) is 0 Å². The standard InChI is InChI=1S/C22H33NO2/c1-15(2)19-11-10-16(3)14-20(19)22(25)13-12-21(23-17(4)24)18-8-6-5-7-9-18/h5-9,15-16,19-21H,10-14H2,1-4H3,(H,23,24)/t16-,19+,20-,21-/m1/s1. The zero-order valence-electron chi connectivity index (χ0n) is 16.1. The molecule has 0 unspecified atom stereocenters. The molecule has 25 heavy (non-hydrogen) atoms. The molecule has 138 valence electrons. The maximum absolute atomic E-state index is 13.0. The average Bonchev–Trinajstić information content (AvgIpc) is 2.58. The molecule has 1 amide bonds. The Labute approximate surface area is 152 Å². The largest absolute Gasteiger partial charge is 0.350 e. The summed E-state index contributed by atoms with van der Waals surface area (Å²) in [4.78, 5) is 24.5. The third kappa shape index (κ3) is 5.69. The number of nitrogens with one attached hydrogen (secondary N) is 1. The maximum atomic E-state index is 13.0. The second-order valence-electron chi connectivity index (χ2n) is 8.10. The normalized spacial score (nSPS) is 24.8. The van der Waals surface area contributed by atoms with E-state index < -0.39 is 0 Å². The van der Waals surface area contributed by atoms with Crippen molar-refractivity contribution in [2.24, 2.45) is 23.7 Å². The summed E-state index contributed by atoms with van der Waals surface area (Å²) in [6, 6.07) is 9.87. The van der Waals surface area contributed by atoms with Crippen LogP contribution in [-0.4, -0.2) is 11.7 Å². The number of carbonyl (C=O) groups is 2. The van der Waals surface area contributed by atoms with Crippen molar-refractivity contribution in [3.8, 4) is 0 Å². The van der Waals surface area contributed by atoms with E-state index in [1.165, 1.54) is 19.8 Å². The van der Waals surface area contributed by atoms with Crippen LogP contribution in [0.5, 0.6) is 0 Å². The van der Waals surface area contributed by atoms with Crippen LogP contribution in [0.15, 0.2) is 30.3 Å². The Morgan fingerprint density at radius 1 is 1.16 bits per heavy atom. The molecule has 3 heteroatoms. The van der Waals surface area contributed by atoms with Crippen molar-refractivity contribution in [1.29, 1.82) is 0 Å². The van der Waals surface area contributed by atoms with Crippen LogP contribution >= 0.6 is 0 Å². The predicted octanol–water partition coefficient (Wildman–Crippen LogP) is 4.92. The van der Waals surface area contributed by atoms with Gasteiger partial charge in [0.1, 0.15) is 5.78 Å². The molecule has 1 fully saturated rings. The molecule has 0 bridgehead atoms. The summed E-state index contributed by atoms with van der Waals surface area (Å²) >= 11 is 0. The van der Waals surface area contributed by atoms with E-state index >= 15 is 0 Å². The van der Waals surface area contributed by atoms with E-state index in [0.29, 0.717) is 36.4 Å². The van der Waals surface area contributed by atoms with Crippen molar-refractivity contribution in [2.45, 2.75) is 65.8 Å². The fourth-order valence-electron chi connectivity index (χ4n) is 4.30. The Hall–Kier alpha value is -1.64. The number of amides is 1. The minimum atomic E-state index is -0.0823. The van der Waals surface area contributed by atoms with Crippen molar-refractivity contribution in [2.75, 3.05) is 0 Å². The lowest BCUT2D eigenvalue weighted by Crippen LogP contribution is -2.34. The molecule has 1 aliphatic rings. The van der Waals surface area contributed by atoms with Gasteiger partial charge in [-0.15, -0.1) is 0 Å². The Balaban J connectivity index is 2.03. The van der Waals surface area contributed by atoms with Crippen LogP contribution in [0, 0.1) is 23.7 Å². The summed E-state index contributed by atoms with van der Waals surface area (Å²) in [7, 11) is 0. The van der Waals surface area contributed by atoms with E-state index in [-0.39, 0.29) is 17.9 Å². The van der Waals surface area contributed by atoms with E-state index in [1.807, 2.05) is 30.3 Å². The quantitative estimate of drug-likeness (QED) is 0.763. The van der Waals surface area contributed by atoms with Gasteiger partial charge in [-0.3, -0.25) is 9.59 Å². The van der Waals surface area contributed by atoms with E-state index in [4.69, 9.17) is 0 Å². The molecule has 4 atom stereocenters. The Bertz CT molecular complexity index is 567. The first-order chi connectivity index (χ1) is 11.9. The van der Waals surface area contributed by atoms with Gasteiger partial charge in [0.05, 0.1) is 6.04 Å². The van der Waals surface area contributed by atoms with E-state index in [0.717, 1.165) is 12.0 Å². The highest BCUT2D eigenvalue weighted by molar-refractivity contribution is 5.81. The van der Waals surface area contributed by atoms with Gasteiger partial charge in [0, 0.05) is 19.3 Å². The molecule has 1 aromatic rings. The van der Waals surface area contributed by atoms with Gasteiger partial charge < -0.3 is 5.32 Å². The van der Waals surface area contributed by atoms with Gasteiger partial charge in [0.25, 0.3) is 0 Å². The molecule has 0 aliphatic heterocycles. The summed E-state index contributed by atoms with van der Waals surface area (Å²) in [6.07, 6.45) is 4.66. The third-order valence-electron chi connectivity index (χ3n) is 5.69. The Morgan fingerprint density at radius 2 is 1.84 bits per heavy atom. The first-order valence-electron chi connectivity index (χ1n) is 9.73. The van der Waals surface area contributed by atoms with Gasteiger partial charge in [0.15, 0.2) is 0 Å². The smallest absolute Gasteiger partial charge is 0.217 e. The van der Waals surface area contributed by atoms with Gasteiger partial charge in [-0.25, -0.2) is 0 Å². The zero-order valence-corrected chi connectivity index (χ0v) is 16.1. The highest BCUT2D eigenvalue weighted by atomic mass is 16.1. The molecule has 2 rings (SSSR count). The molecular weight excluding hydrogens is 310 g/mol. The summed E-state index contributed by atoms with van der Waals surface area (Å²) in [5, 5.41) is 3.01. The lowest BCUT2D eigenvalue weighted by molar-refractivity contribution is -0.127. The molecule has 0 aromatic heterocycles. The fourth-order valence-corrected chi connectivity index (χ4v) is 4.30. The highest BCUT2D eigenvalue weighted by Gasteiger charge is 2.35. The predicted molar refractivity (Wildman–Crippen MR) is 102 cm³/mol. The Kier molecular flexibility index (Phi) is 7.22. The number of ketones is 1. The van der Waals surface area contributed by atoms with E-state index in [2.05, 4.69) is 26.1 Å². The summed E-state index contributed by atoms with van der Waals surface area (Å²) in [5.41, 5.74) is 1.07. The van der Waals surface area contributed by atoms with Crippen LogP contribution in [0.4, 0.5) is 0 Å². The average molecular weight is 344 g/mol.